The first kappa shape index (κ1) is 16.0. The smallest absolute Gasteiger partial charge is 0.315 e. The van der Waals surface area contributed by atoms with Gasteiger partial charge in [-0.3, -0.25) is 10.1 Å². The van der Waals surface area contributed by atoms with E-state index < -0.39 is 4.92 Å². The summed E-state index contributed by atoms with van der Waals surface area (Å²) in [5, 5.41) is 11.6. The molecule has 114 valence electrons. The van der Waals surface area contributed by atoms with E-state index in [0.717, 1.165) is 5.56 Å². The number of rotatable bonds is 6. The molecule has 0 fully saturated rings. The monoisotopic (exact) mass is 319 g/mol. The van der Waals surface area contributed by atoms with E-state index in [0.29, 0.717) is 17.4 Å². The maximum absolute atomic E-state index is 11.3. The summed E-state index contributed by atoms with van der Waals surface area (Å²) < 4.78 is 5.64. The third-order valence-electron chi connectivity index (χ3n) is 3.23. The Hall–Kier alpha value is -2.40. The van der Waals surface area contributed by atoms with Gasteiger partial charge in [-0.15, -0.1) is 0 Å². The summed E-state index contributed by atoms with van der Waals surface area (Å²) >= 11 is 6.01. The molecule has 6 heteroatoms. The molecule has 0 aliphatic heterocycles. The summed E-state index contributed by atoms with van der Waals surface area (Å²) in [7, 11) is 0. The highest BCUT2D eigenvalue weighted by atomic mass is 35.5. The first-order chi connectivity index (χ1) is 10.5. The van der Waals surface area contributed by atoms with E-state index in [4.69, 9.17) is 16.3 Å². The summed E-state index contributed by atoms with van der Waals surface area (Å²) in [6.45, 7) is 1.73. The Morgan fingerprint density at radius 1 is 1.32 bits per heavy atom. The second-order valence-corrected chi connectivity index (χ2v) is 5.13. The number of benzene rings is 2. The molecule has 0 spiro atoms. The zero-order chi connectivity index (χ0) is 16.1. The molecule has 0 aliphatic carbocycles. The lowest BCUT2D eigenvalue weighted by Crippen LogP contribution is -2.05. The van der Waals surface area contributed by atoms with Crippen LogP contribution in [0.15, 0.2) is 36.4 Å². The fourth-order valence-corrected chi connectivity index (χ4v) is 2.34. The molecule has 0 saturated heterocycles. The Labute approximate surface area is 132 Å². The Balaban J connectivity index is 2.44. The maximum Gasteiger partial charge on any atom is 0.315 e. The van der Waals surface area contributed by atoms with Crippen LogP contribution < -0.4 is 4.74 Å². The lowest BCUT2D eigenvalue weighted by molar-refractivity contribution is -0.386. The summed E-state index contributed by atoms with van der Waals surface area (Å²) in [5.41, 5.74) is 1.42. The van der Waals surface area contributed by atoms with Gasteiger partial charge < -0.3 is 9.53 Å². The van der Waals surface area contributed by atoms with E-state index in [1.165, 1.54) is 0 Å². The number of carbonyl (C=O) groups excluding carboxylic acids is 1. The zero-order valence-electron chi connectivity index (χ0n) is 11.9. The number of hydrogen-bond donors (Lipinski definition) is 0. The van der Waals surface area contributed by atoms with Gasteiger partial charge in [0.25, 0.3) is 0 Å². The molecule has 0 saturated carbocycles. The molecule has 0 radical (unpaired) electrons. The van der Waals surface area contributed by atoms with E-state index in [1.807, 2.05) is 30.3 Å². The van der Waals surface area contributed by atoms with Crippen molar-refractivity contribution < 1.29 is 14.5 Å². The Morgan fingerprint density at radius 3 is 2.59 bits per heavy atom. The van der Waals surface area contributed by atoms with Gasteiger partial charge in [0.05, 0.1) is 9.95 Å². The lowest BCUT2D eigenvalue weighted by Gasteiger charge is -2.13. The van der Waals surface area contributed by atoms with Crippen molar-refractivity contribution in [2.75, 3.05) is 0 Å². The molecular weight excluding hydrogens is 306 g/mol. The molecule has 0 amide bonds. The van der Waals surface area contributed by atoms with Crippen LogP contribution in [-0.4, -0.2) is 11.2 Å². The average molecular weight is 320 g/mol. The Kier molecular flexibility index (Phi) is 5.12. The quantitative estimate of drug-likeness (QED) is 0.460. The molecule has 0 atom stereocenters. The highest BCUT2D eigenvalue weighted by Gasteiger charge is 2.25. The van der Waals surface area contributed by atoms with Crippen molar-refractivity contribution in [2.24, 2.45) is 0 Å². The predicted octanol–water partition coefficient (Wildman–Crippen LogP) is 3.88. The van der Waals surface area contributed by atoms with Gasteiger partial charge >= 0.3 is 5.69 Å². The second-order valence-electron chi connectivity index (χ2n) is 4.72. The third-order valence-corrected chi connectivity index (χ3v) is 3.63. The van der Waals surface area contributed by atoms with Crippen molar-refractivity contribution >= 4 is 23.6 Å². The zero-order valence-corrected chi connectivity index (χ0v) is 12.7. The van der Waals surface area contributed by atoms with Gasteiger partial charge in [-0.1, -0.05) is 41.9 Å². The predicted molar refractivity (Wildman–Crippen MR) is 83.4 cm³/mol. The normalized spacial score (nSPS) is 10.3. The Morgan fingerprint density at radius 2 is 2.00 bits per heavy atom. The molecule has 2 aromatic rings. The number of nitro groups is 1. The first-order valence-corrected chi connectivity index (χ1v) is 6.99. The minimum atomic E-state index is -0.532. The van der Waals surface area contributed by atoms with Gasteiger partial charge in [-0.25, -0.2) is 0 Å². The van der Waals surface area contributed by atoms with Crippen molar-refractivity contribution in [2.45, 2.75) is 20.0 Å². The second kappa shape index (κ2) is 7.04. The van der Waals surface area contributed by atoms with Crippen LogP contribution in [0.25, 0.3) is 0 Å². The lowest BCUT2D eigenvalue weighted by atomic mass is 10.1. The van der Waals surface area contributed by atoms with Crippen LogP contribution in [0.4, 0.5) is 5.69 Å². The number of carbonyl (C=O) groups is 1. The molecule has 5 nitrogen and oxygen atoms in total. The number of nitro benzene ring substituents is 1. The Bertz CT molecular complexity index is 701. The number of aldehydes is 1. The molecule has 0 N–H and O–H groups in total. The SMILES string of the molecule is Cc1c(Cl)cc(CC=O)c(OCc2ccccc2)c1[N+](=O)[O-]. The van der Waals surface area contributed by atoms with Crippen LogP contribution in [0.1, 0.15) is 16.7 Å². The van der Waals surface area contributed by atoms with Gasteiger partial charge in [-0.2, -0.15) is 0 Å². The largest absolute Gasteiger partial charge is 0.482 e. The fourth-order valence-electron chi connectivity index (χ4n) is 2.11. The summed E-state index contributed by atoms with van der Waals surface area (Å²) in [6.07, 6.45) is 0.672. The molecule has 0 aliphatic rings. The average Bonchev–Trinajstić information content (AvgIpc) is 2.50. The molecule has 0 bridgehead atoms. The summed E-state index contributed by atoms with van der Waals surface area (Å²) in [5.74, 6) is 0.0999. The van der Waals surface area contributed by atoms with E-state index in [2.05, 4.69) is 0 Å². The molecule has 0 unspecified atom stereocenters. The van der Waals surface area contributed by atoms with Crippen LogP contribution in [0, 0.1) is 17.0 Å². The molecule has 2 rings (SSSR count). The molecule has 0 heterocycles. The van der Waals surface area contributed by atoms with E-state index >= 15 is 0 Å². The minimum Gasteiger partial charge on any atom is -0.482 e. The van der Waals surface area contributed by atoms with E-state index in [-0.39, 0.29) is 29.5 Å². The molecule has 2 aromatic carbocycles. The molecule has 0 aromatic heterocycles. The van der Waals surface area contributed by atoms with Crippen LogP contribution in [-0.2, 0) is 17.8 Å². The van der Waals surface area contributed by atoms with Crippen molar-refractivity contribution in [3.63, 3.8) is 0 Å². The summed E-state index contributed by atoms with van der Waals surface area (Å²) in [6, 6.07) is 10.8. The first-order valence-electron chi connectivity index (χ1n) is 6.61. The van der Waals surface area contributed by atoms with Gasteiger partial charge in [0.1, 0.15) is 12.9 Å². The standard InChI is InChI=1S/C16H14ClNO4/c1-11-14(17)9-13(7-8-19)16(15(11)18(20)21)22-10-12-5-3-2-4-6-12/h2-6,8-9H,7,10H2,1H3. The van der Waals surface area contributed by atoms with Crippen molar-refractivity contribution in [3.8, 4) is 5.75 Å². The molecular formula is C16H14ClNO4. The fraction of sp³-hybridized carbons (Fsp3) is 0.188. The van der Waals surface area contributed by atoms with Gasteiger partial charge in [0.15, 0.2) is 0 Å². The van der Waals surface area contributed by atoms with Crippen LogP contribution in [0.5, 0.6) is 5.75 Å². The summed E-state index contributed by atoms with van der Waals surface area (Å²) in [4.78, 5) is 21.6. The van der Waals surface area contributed by atoms with Gasteiger partial charge in [0, 0.05) is 17.5 Å². The van der Waals surface area contributed by atoms with Crippen LogP contribution >= 0.6 is 11.6 Å². The van der Waals surface area contributed by atoms with Crippen LogP contribution in [0.2, 0.25) is 5.02 Å². The van der Waals surface area contributed by atoms with Gasteiger partial charge in [-0.05, 0) is 18.6 Å². The highest BCUT2D eigenvalue weighted by molar-refractivity contribution is 6.31. The highest BCUT2D eigenvalue weighted by Crippen LogP contribution is 2.39. The van der Waals surface area contributed by atoms with Crippen LogP contribution in [0.3, 0.4) is 0 Å². The topological polar surface area (TPSA) is 69.4 Å². The van der Waals surface area contributed by atoms with Crippen molar-refractivity contribution in [1.29, 1.82) is 0 Å². The molecule has 22 heavy (non-hydrogen) atoms. The van der Waals surface area contributed by atoms with Gasteiger partial charge in [0.2, 0.25) is 5.75 Å². The van der Waals surface area contributed by atoms with E-state index in [1.54, 1.807) is 13.0 Å². The van der Waals surface area contributed by atoms with Crippen molar-refractivity contribution in [1.82, 2.24) is 0 Å². The van der Waals surface area contributed by atoms with Crippen molar-refractivity contribution in [3.05, 3.63) is 68.2 Å². The minimum absolute atomic E-state index is 0.00492. The number of hydrogen-bond acceptors (Lipinski definition) is 4. The number of nitrogens with zero attached hydrogens (tertiary/aromatic N) is 1. The number of ether oxygens (including phenoxy) is 1. The maximum atomic E-state index is 11.3. The van der Waals surface area contributed by atoms with E-state index in [9.17, 15) is 14.9 Å². The number of halogens is 1. The third kappa shape index (κ3) is 3.43.